The molecule has 1 rings (SSSR count). The minimum atomic E-state index is -1.10. The number of carbonyl (C=O) groups excluding carboxylic acids is 1. The first kappa shape index (κ1) is 21.2. The summed E-state index contributed by atoms with van der Waals surface area (Å²) in [6.07, 6.45) is 2.55. The molecule has 0 bridgehead atoms. The molecule has 140 valence electrons. The molecule has 0 saturated heterocycles. The Bertz CT molecular complexity index is 539. The first-order valence-corrected chi connectivity index (χ1v) is 8.91. The van der Waals surface area contributed by atoms with Crippen molar-refractivity contribution in [3.05, 3.63) is 29.8 Å². The number of benzene rings is 1. The summed E-state index contributed by atoms with van der Waals surface area (Å²) in [5, 5.41) is 27.8. The van der Waals surface area contributed by atoms with Gasteiger partial charge in [-0.15, -0.1) is 0 Å². The van der Waals surface area contributed by atoms with Crippen LogP contribution < -0.4 is 10.1 Å². The Morgan fingerprint density at radius 1 is 1.28 bits per heavy atom. The molecule has 1 atom stereocenters. The number of hydrogen-bond acceptors (Lipinski definition) is 8. The number of ether oxygens (including phenoxy) is 1. The van der Waals surface area contributed by atoms with Crippen LogP contribution in [0.4, 0.5) is 4.79 Å². The molecule has 1 unspecified atom stereocenters. The minimum absolute atomic E-state index is 0.139. The van der Waals surface area contributed by atoms with Crippen LogP contribution in [0.2, 0.25) is 0 Å². The molecule has 9 nitrogen and oxygen atoms in total. The molecule has 0 spiro atoms. The van der Waals surface area contributed by atoms with Crippen molar-refractivity contribution in [2.75, 3.05) is 18.6 Å². The van der Waals surface area contributed by atoms with Crippen molar-refractivity contribution < 1.29 is 34.7 Å². The summed E-state index contributed by atoms with van der Waals surface area (Å²) >= 11 is 1.49. The Hall–Kier alpha value is -1.85. The van der Waals surface area contributed by atoms with Crippen molar-refractivity contribution in [1.82, 2.24) is 10.7 Å². The number of aryl methyl sites for hydroxylation is 1. The fraction of sp³-hybridized carbons (Fsp3) is 0.467. The van der Waals surface area contributed by atoms with Gasteiger partial charge in [0, 0.05) is 0 Å². The molecule has 0 aromatic heterocycles. The van der Waals surface area contributed by atoms with Crippen LogP contribution in [0, 0.1) is 0 Å². The van der Waals surface area contributed by atoms with Gasteiger partial charge in [0.25, 0.3) is 0 Å². The monoisotopic (exact) mass is 374 g/mol. The number of hydrogen-bond donors (Lipinski definition) is 4. The van der Waals surface area contributed by atoms with Gasteiger partial charge in [0.1, 0.15) is 11.8 Å². The highest BCUT2D eigenvalue weighted by Crippen LogP contribution is 2.14. The second-order valence-corrected chi connectivity index (χ2v) is 6.03. The molecule has 0 heterocycles. The van der Waals surface area contributed by atoms with Crippen LogP contribution in [0.1, 0.15) is 18.4 Å². The normalized spacial score (nSPS) is 12.0. The zero-order valence-corrected chi connectivity index (χ0v) is 14.6. The van der Waals surface area contributed by atoms with Crippen molar-refractivity contribution in [2.45, 2.75) is 25.3 Å². The number of nitrogens with one attached hydrogen (secondary N) is 1. The number of carboxylic acid groups (broad SMARTS) is 1. The zero-order chi connectivity index (χ0) is 18.7. The highest BCUT2D eigenvalue weighted by molar-refractivity contribution is 7.98. The molecule has 0 aliphatic heterocycles. The lowest BCUT2D eigenvalue weighted by Crippen LogP contribution is -2.42. The zero-order valence-electron chi connectivity index (χ0n) is 13.8. The van der Waals surface area contributed by atoms with Gasteiger partial charge in [-0.05, 0) is 49.0 Å². The van der Waals surface area contributed by atoms with Gasteiger partial charge in [0.2, 0.25) is 0 Å². The predicted octanol–water partition coefficient (Wildman–Crippen LogP) is 1.93. The second kappa shape index (κ2) is 11.7. The lowest BCUT2D eigenvalue weighted by Gasteiger charge is -2.14. The summed E-state index contributed by atoms with van der Waals surface area (Å²) in [5.74, 6) is -0.198. The third-order valence-corrected chi connectivity index (χ3v) is 3.80. The lowest BCUT2D eigenvalue weighted by atomic mass is 10.1. The number of thioether (sulfide) groups is 1. The van der Waals surface area contributed by atoms with Gasteiger partial charge in [-0.2, -0.15) is 11.8 Å². The molecule has 1 aromatic carbocycles. The van der Waals surface area contributed by atoms with Crippen LogP contribution in [0.5, 0.6) is 5.75 Å². The van der Waals surface area contributed by atoms with Crippen molar-refractivity contribution >= 4 is 23.8 Å². The summed E-state index contributed by atoms with van der Waals surface area (Å²) in [7, 11) is 0. The van der Waals surface area contributed by atoms with E-state index in [0.717, 1.165) is 5.56 Å². The standard InChI is InChI=1S/C15H22N2O7S/c1-25-10-8-13(14(18)19)16-15(20)24-12-6-4-11(5-7-12)3-2-9-23-17(21)22/h4-7,13,21-22H,2-3,8-10H2,1H3,(H,16,20)(H,18,19). The van der Waals surface area contributed by atoms with E-state index in [9.17, 15) is 9.59 Å². The van der Waals surface area contributed by atoms with E-state index in [1.807, 2.05) is 6.26 Å². The largest absolute Gasteiger partial charge is 0.480 e. The maximum absolute atomic E-state index is 11.8. The van der Waals surface area contributed by atoms with Gasteiger partial charge in [-0.25, -0.2) is 9.59 Å². The summed E-state index contributed by atoms with van der Waals surface area (Å²) in [5.41, 5.74) is 0.946. The van der Waals surface area contributed by atoms with Crippen LogP contribution in [0.15, 0.2) is 24.3 Å². The van der Waals surface area contributed by atoms with E-state index in [0.29, 0.717) is 30.8 Å². The number of carbonyl (C=O) groups is 2. The van der Waals surface area contributed by atoms with Gasteiger partial charge >= 0.3 is 12.1 Å². The van der Waals surface area contributed by atoms with Crippen molar-refractivity contribution in [1.29, 1.82) is 0 Å². The molecule has 0 radical (unpaired) electrons. The maximum Gasteiger partial charge on any atom is 0.413 e. The first-order valence-electron chi connectivity index (χ1n) is 7.52. The molecule has 25 heavy (non-hydrogen) atoms. The number of aliphatic carboxylic acids is 1. The fourth-order valence-electron chi connectivity index (χ4n) is 1.92. The van der Waals surface area contributed by atoms with Crippen LogP contribution in [0.25, 0.3) is 0 Å². The van der Waals surface area contributed by atoms with Gasteiger partial charge < -0.3 is 15.2 Å². The quantitative estimate of drug-likeness (QED) is 0.339. The van der Waals surface area contributed by atoms with E-state index in [1.54, 1.807) is 24.3 Å². The van der Waals surface area contributed by atoms with E-state index in [2.05, 4.69) is 10.2 Å². The van der Waals surface area contributed by atoms with Crippen LogP contribution in [-0.2, 0) is 16.1 Å². The summed E-state index contributed by atoms with van der Waals surface area (Å²) in [6, 6.07) is 5.70. The number of amides is 1. The average Bonchev–Trinajstić information content (AvgIpc) is 2.56. The smallest absolute Gasteiger partial charge is 0.413 e. The third-order valence-electron chi connectivity index (χ3n) is 3.15. The van der Waals surface area contributed by atoms with Gasteiger partial charge in [-0.1, -0.05) is 12.1 Å². The Balaban J connectivity index is 2.42. The summed E-state index contributed by atoms with van der Waals surface area (Å²) in [6.45, 7) is 0.139. The Kier molecular flexibility index (Phi) is 9.88. The average molecular weight is 374 g/mol. The van der Waals surface area contributed by atoms with Crippen molar-refractivity contribution in [2.24, 2.45) is 0 Å². The van der Waals surface area contributed by atoms with Crippen LogP contribution in [0.3, 0.4) is 0 Å². The van der Waals surface area contributed by atoms with Crippen molar-refractivity contribution in [3.8, 4) is 5.75 Å². The molecule has 0 fully saturated rings. The molecule has 0 aliphatic carbocycles. The van der Waals surface area contributed by atoms with Gasteiger partial charge in [0.15, 0.2) is 0 Å². The Morgan fingerprint density at radius 2 is 1.96 bits per heavy atom. The van der Waals surface area contributed by atoms with E-state index >= 15 is 0 Å². The maximum atomic E-state index is 11.8. The van der Waals surface area contributed by atoms with Crippen LogP contribution in [-0.4, -0.2) is 57.6 Å². The van der Waals surface area contributed by atoms with E-state index in [1.165, 1.54) is 11.8 Å². The number of nitrogens with zero attached hydrogens (tertiary/aromatic N) is 1. The first-order chi connectivity index (χ1) is 11.9. The SMILES string of the molecule is CSCCC(NC(=O)Oc1ccc(CCCON(O)O)cc1)C(=O)O. The van der Waals surface area contributed by atoms with Gasteiger partial charge in [0.05, 0.1) is 12.0 Å². The summed E-state index contributed by atoms with van der Waals surface area (Å²) < 4.78 is 5.07. The fourth-order valence-corrected chi connectivity index (χ4v) is 2.39. The molecule has 0 saturated carbocycles. The third kappa shape index (κ3) is 9.27. The molecule has 10 heteroatoms. The number of carboxylic acids is 1. The van der Waals surface area contributed by atoms with Gasteiger partial charge in [-0.3, -0.25) is 15.3 Å². The number of rotatable bonds is 11. The Morgan fingerprint density at radius 3 is 2.52 bits per heavy atom. The molecule has 4 N–H and O–H groups in total. The second-order valence-electron chi connectivity index (χ2n) is 5.04. The van der Waals surface area contributed by atoms with E-state index in [-0.39, 0.29) is 12.0 Å². The Labute approximate surface area is 149 Å². The van der Waals surface area contributed by atoms with E-state index < -0.39 is 18.1 Å². The van der Waals surface area contributed by atoms with Crippen molar-refractivity contribution in [3.63, 3.8) is 0 Å². The highest BCUT2D eigenvalue weighted by atomic mass is 32.2. The van der Waals surface area contributed by atoms with E-state index in [4.69, 9.17) is 20.3 Å². The topological polar surface area (TPSA) is 129 Å². The highest BCUT2D eigenvalue weighted by Gasteiger charge is 2.20. The lowest BCUT2D eigenvalue weighted by molar-refractivity contribution is -0.492. The van der Waals surface area contributed by atoms with Crippen LogP contribution >= 0.6 is 11.8 Å². The predicted molar refractivity (Wildman–Crippen MR) is 89.7 cm³/mol. The summed E-state index contributed by atoms with van der Waals surface area (Å²) in [4.78, 5) is 27.3. The minimum Gasteiger partial charge on any atom is -0.480 e. The molecule has 0 aliphatic rings. The molecule has 1 aromatic rings. The molecular formula is C15H22N2O7S. The molecular weight excluding hydrogens is 352 g/mol. The molecule has 1 amide bonds.